The summed E-state index contributed by atoms with van der Waals surface area (Å²) in [6.45, 7) is 7.76. The average Bonchev–Trinajstić information content (AvgIpc) is 2.61. The molecular weight excluding hydrogens is 250 g/mol. The minimum absolute atomic E-state index is 0.0645. The lowest BCUT2D eigenvalue weighted by molar-refractivity contribution is -0.123. The number of carbonyl (C=O) groups excluding carboxylic acids is 1. The second-order valence-electron chi connectivity index (χ2n) is 5.77. The van der Waals surface area contributed by atoms with Crippen molar-refractivity contribution in [2.45, 2.75) is 51.9 Å². The maximum absolute atomic E-state index is 12.0. The van der Waals surface area contributed by atoms with Gasteiger partial charge in [-0.15, -0.1) is 0 Å². The van der Waals surface area contributed by atoms with Gasteiger partial charge in [-0.3, -0.25) is 10.1 Å². The average molecular weight is 275 g/mol. The first kappa shape index (κ1) is 15.0. The first-order valence-corrected chi connectivity index (χ1v) is 7.43. The molecule has 1 aliphatic heterocycles. The Morgan fingerprint density at radius 1 is 1.30 bits per heavy atom. The monoisotopic (exact) mass is 275 g/mol. The summed E-state index contributed by atoms with van der Waals surface area (Å²) in [5, 5.41) is 9.85. The molecule has 20 heavy (non-hydrogen) atoms. The van der Waals surface area contributed by atoms with E-state index in [1.165, 1.54) is 11.1 Å². The number of carbonyl (C=O) groups is 1. The normalized spacial score (nSPS) is 20.1. The predicted octanol–water partition coefficient (Wildman–Crippen LogP) is 1.72. The van der Waals surface area contributed by atoms with Gasteiger partial charge in [-0.25, -0.2) is 0 Å². The van der Waals surface area contributed by atoms with E-state index in [2.05, 4.69) is 40.2 Å². The molecule has 0 spiro atoms. The maximum atomic E-state index is 12.0. The second-order valence-corrected chi connectivity index (χ2v) is 5.77. The van der Waals surface area contributed by atoms with Crippen molar-refractivity contribution in [3.05, 3.63) is 35.4 Å². The number of hydrogen-bond donors (Lipinski definition) is 3. The van der Waals surface area contributed by atoms with Crippen molar-refractivity contribution in [1.29, 1.82) is 0 Å². The van der Waals surface area contributed by atoms with E-state index >= 15 is 0 Å². The molecule has 0 radical (unpaired) electrons. The third kappa shape index (κ3) is 3.81. The minimum Gasteiger partial charge on any atom is -0.353 e. The van der Waals surface area contributed by atoms with Gasteiger partial charge < -0.3 is 10.6 Å². The fraction of sp³-hybridized carbons (Fsp3) is 0.562. The van der Waals surface area contributed by atoms with Crippen molar-refractivity contribution >= 4 is 5.91 Å². The standard InChI is InChI=1S/C16H25N3O/c1-11(2)18-16(20)12(3)19-15-8-9-17-10-13-6-4-5-7-14(13)15/h4-7,11-12,15,17,19H,8-10H2,1-3H3,(H,18,20). The summed E-state index contributed by atoms with van der Waals surface area (Å²) >= 11 is 0. The van der Waals surface area contributed by atoms with E-state index in [0.717, 1.165) is 19.5 Å². The summed E-state index contributed by atoms with van der Waals surface area (Å²) in [6.07, 6.45) is 0.996. The van der Waals surface area contributed by atoms with E-state index in [-0.39, 0.29) is 24.0 Å². The third-order valence-electron chi connectivity index (χ3n) is 3.63. The van der Waals surface area contributed by atoms with Crippen LogP contribution in [0.4, 0.5) is 0 Å². The molecule has 0 saturated carbocycles. The van der Waals surface area contributed by atoms with Gasteiger partial charge >= 0.3 is 0 Å². The highest BCUT2D eigenvalue weighted by Gasteiger charge is 2.22. The van der Waals surface area contributed by atoms with Gasteiger partial charge in [-0.2, -0.15) is 0 Å². The molecule has 2 atom stereocenters. The van der Waals surface area contributed by atoms with Gasteiger partial charge in [0.05, 0.1) is 6.04 Å². The lowest BCUT2D eigenvalue weighted by Crippen LogP contribution is -2.46. The fourth-order valence-electron chi connectivity index (χ4n) is 2.62. The minimum atomic E-state index is -0.187. The van der Waals surface area contributed by atoms with Gasteiger partial charge in [-0.05, 0) is 44.9 Å². The molecule has 3 N–H and O–H groups in total. The zero-order valence-electron chi connectivity index (χ0n) is 12.6. The first-order chi connectivity index (χ1) is 9.58. The lowest BCUT2D eigenvalue weighted by atomic mass is 9.98. The van der Waals surface area contributed by atoms with Crippen LogP contribution in [-0.4, -0.2) is 24.5 Å². The number of fused-ring (bicyclic) bond motifs is 1. The van der Waals surface area contributed by atoms with Crippen LogP contribution in [0.1, 0.15) is 44.4 Å². The zero-order chi connectivity index (χ0) is 14.5. The molecule has 0 aromatic heterocycles. The van der Waals surface area contributed by atoms with Crippen LogP contribution in [0.15, 0.2) is 24.3 Å². The van der Waals surface area contributed by atoms with Crippen LogP contribution >= 0.6 is 0 Å². The molecule has 1 amide bonds. The summed E-state index contributed by atoms with van der Waals surface area (Å²) < 4.78 is 0. The molecule has 0 saturated heterocycles. The van der Waals surface area contributed by atoms with Crippen molar-refractivity contribution in [2.75, 3.05) is 6.54 Å². The third-order valence-corrected chi connectivity index (χ3v) is 3.63. The first-order valence-electron chi connectivity index (χ1n) is 7.43. The van der Waals surface area contributed by atoms with Gasteiger partial charge in [0.1, 0.15) is 0 Å². The summed E-state index contributed by atoms with van der Waals surface area (Å²) in [5.41, 5.74) is 2.63. The van der Waals surface area contributed by atoms with Crippen molar-refractivity contribution in [3.63, 3.8) is 0 Å². The molecule has 1 aromatic carbocycles. The molecule has 0 bridgehead atoms. The van der Waals surface area contributed by atoms with E-state index in [4.69, 9.17) is 0 Å². The number of hydrogen-bond acceptors (Lipinski definition) is 3. The number of benzene rings is 1. The summed E-state index contributed by atoms with van der Waals surface area (Å²) in [6, 6.07) is 8.67. The van der Waals surface area contributed by atoms with Crippen LogP contribution < -0.4 is 16.0 Å². The lowest BCUT2D eigenvalue weighted by Gasteiger charge is -2.24. The summed E-state index contributed by atoms with van der Waals surface area (Å²) in [7, 11) is 0. The Morgan fingerprint density at radius 2 is 2.05 bits per heavy atom. The highest BCUT2D eigenvalue weighted by atomic mass is 16.2. The molecular formula is C16H25N3O. The van der Waals surface area contributed by atoms with Crippen LogP contribution in [0, 0.1) is 0 Å². The zero-order valence-corrected chi connectivity index (χ0v) is 12.6. The van der Waals surface area contributed by atoms with E-state index in [0.29, 0.717) is 0 Å². The Balaban J connectivity index is 2.07. The Morgan fingerprint density at radius 3 is 2.80 bits per heavy atom. The second kappa shape index (κ2) is 6.86. The van der Waals surface area contributed by atoms with E-state index in [9.17, 15) is 4.79 Å². The number of nitrogens with one attached hydrogen (secondary N) is 3. The van der Waals surface area contributed by atoms with E-state index < -0.39 is 0 Å². The van der Waals surface area contributed by atoms with Crippen LogP contribution in [0.5, 0.6) is 0 Å². The fourth-order valence-corrected chi connectivity index (χ4v) is 2.62. The van der Waals surface area contributed by atoms with Crippen LogP contribution in [0.2, 0.25) is 0 Å². The maximum Gasteiger partial charge on any atom is 0.237 e. The SMILES string of the molecule is CC(C)NC(=O)C(C)NC1CCNCc2ccccc21. The topological polar surface area (TPSA) is 53.2 Å². The molecule has 2 unspecified atom stereocenters. The van der Waals surface area contributed by atoms with E-state index in [1.54, 1.807) is 0 Å². The van der Waals surface area contributed by atoms with Gasteiger partial charge in [0.15, 0.2) is 0 Å². The molecule has 110 valence electrons. The predicted molar refractivity (Wildman–Crippen MR) is 81.4 cm³/mol. The molecule has 0 fully saturated rings. The quantitative estimate of drug-likeness (QED) is 0.784. The molecule has 1 heterocycles. The molecule has 0 aliphatic carbocycles. The molecule has 1 aliphatic rings. The molecule has 4 heteroatoms. The van der Waals surface area contributed by atoms with Gasteiger partial charge in [0.2, 0.25) is 5.91 Å². The van der Waals surface area contributed by atoms with Gasteiger partial charge in [-0.1, -0.05) is 24.3 Å². The van der Waals surface area contributed by atoms with Crippen LogP contribution in [-0.2, 0) is 11.3 Å². The van der Waals surface area contributed by atoms with Crippen molar-refractivity contribution in [2.24, 2.45) is 0 Å². The number of amides is 1. The molecule has 2 rings (SSSR count). The molecule has 4 nitrogen and oxygen atoms in total. The Bertz CT molecular complexity index is 459. The highest BCUT2D eigenvalue weighted by molar-refractivity contribution is 5.81. The smallest absolute Gasteiger partial charge is 0.237 e. The largest absolute Gasteiger partial charge is 0.353 e. The Hall–Kier alpha value is -1.39. The Kier molecular flexibility index (Phi) is 5.15. The van der Waals surface area contributed by atoms with Gasteiger partial charge in [0.25, 0.3) is 0 Å². The van der Waals surface area contributed by atoms with Gasteiger partial charge in [0, 0.05) is 18.6 Å². The Labute approximate surface area is 121 Å². The summed E-state index contributed by atoms with van der Waals surface area (Å²) in [4.78, 5) is 12.0. The highest BCUT2D eigenvalue weighted by Crippen LogP contribution is 2.23. The summed E-state index contributed by atoms with van der Waals surface area (Å²) in [5.74, 6) is 0.0645. The van der Waals surface area contributed by atoms with Crippen LogP contribution in [0.3, 0.4) is 0 Å². The number of rotatable bonds is 4. The van der Waals surface area contributed by atoms with E-state index in [1.807, 2.05) is 20.8 Å². The van der Waals surface area contributed by atoms with Crippen molar-refractivity contribution in [3.8, 4) is 0 Å². The molecule has 1 aromatic rings. The van der Waals surface area contributed by atoms with Crippen molar-refractivity contribution in [1.82, 2.24) is 16.0 Å². The van der Waals surface area contributed by atoms with Crippen molar-refractivity contribution < 1.29 is 4.79 Å². The van der Waals surface area contributed by atoms with Crippen LogP contribution in [0.25, 0.3) is 0 Å².